The summed E-state index contributed by atoms with van der Waals surface area (Å²) < 4.78 is 0. The molecule has 108 valence electrons. The van der Waals surface area contributed by atoms with Gasteiger partial charge in [-0.2, -0.15) is 0 Å². The average Bonchev–Trinajstić information content (AvgIpc) is 2.59. The Kier molecular flexibility index (Phi) is 4.29. The van der Waals surface area contributed by atoms with Crippen LogP contribution in [0, 0.1) is 11.3 Å². The molecule has 1 atom stereocenters. The van der Waals surface area contributed by atoms with Crippen molar-refractivity contribution >= 4 is 5.91 Å². The van der Waals surface area contributed by atoms with Crippen molar-refractivity contribution in [3.05, 3.63) is 48.2 Å². The first-order valence-electron chi connectivity index (χ1n) is 7.14. The van der Waals surface area contributed by atoms with Gasteiger partial charge in [-0.3, -0.25) is 4.79 Å². The van der Waals surface area contributed by atoms with E-state index in [1.165, 1.54) is 0 Å². The number of hydrogen-bond acceptors (Lipinski definition) is 2. The number of carbonyl (C=O) groups is 1. The van der Waals surface area contributed by atoms with Crippen LogP contribution in [0.4, 0.5) is 0 Å². The minimum atomic E-state index is -0.235. The number of aliphatic hydroxyl groups is 1. The molecule has 0 spiro atoms. The van der Waals surface area contributed by atoms with Gasteiger partial charge >= 0.3 is 0 Å². The summed E-state index contributed by atoms with van der Waals surface area (Å²) in [4.78, 5) is 14.4. The molecule has 20 heavy (non-hydrogen) atoms. The summed E-state index contributed by atoms with van der Waals surface area (Å²) in [6, 6.07) is 9.97. The lowest BCUT2D eigenvalue weighted by atomic mass is 9.77. The van der Waals surface area contributed by atoms with Crippen molar-refractivity contribution in [2.45, 2.75) is 33.2 Å². The summed E-state index contributed by atoms with van der Waals surface area (Å²) in [5.41, 5.74) is 1.76. The molecule has 3 heteroatoms. The lowest BCUT2D eigenvalue weighted by Crippen LogP contribution is -2.26. The quantitative estimate of drug-likeness (QED) is 0.896. The predicted octanol–water partition coefficient (Wildman–Crippen LogP) is 2.96. The fraction of sp³-hybridized carbons (Fsp3) is 0.471. The van der Waals surface area contributed by atoms with Crippen LogP contribution in [0.5, 0.6) is 0 Å². The Morgan fingerprint density at radius 2 is 1.95 bits per heavy atom. The molecule has 1 aliphatic heterocycles. The van der Waals surface area contributed by atoms with Crippen LogP contribution in [0.15, 0.2) is 42.6 Å². The summed E-state index contributed by atoms with van der Waals surface area (Å²) in [5.74, 6) is 0.0585. The first-order chi connectivity index (χ1) is 9.48. The summed E-state index contributed by atoms with van der Waals surface area (Å²) in [5, 5.41) is 9.00. The molecule has 3 nitrogen and oxygen atoms in total. The van der Waals surface area contributed by atoms with Crippen molar-refractivity contribution in [1.29, 1.82) is 0 Å². The number of amides is 1. The van der Waals surface area contributed by atoms with E-state index >= 15 is 0 Å². The Hall–Kier alpha value is -1.61. The standard InChI is InChI=1S/C17H23NO2/c1-13-17(2,3)15(10-7-11-19)16(20)18(13)12-14-8-5-4-6-9-14/h4-6,8-9,15,19H,1,7,10-12H2,2-3H3. The molecule has 1 heterocycles. The van der Waals surface area contributed by atoms with E-state index in [0.717, 1.165) is 11.3 Å². The first-order valence-corrected chi connectivity index (χ1v) is 7.14. The summed E-state index contributed by atoms with van der Waals surface area (Å²) in [6.07, 6.45) is 1.37. The van der Waals surface area contributed by atoms with Crippen LogP contribution in [0.2, 0.25) is 0 Å². The topological polar surface area (TPSA) is 40.5 Å². The summed E-state index contributed by atoms with van der Waals surface area (Å²) in [6.45, 7) is 8.99. The Labute approximate surface area is 120 Å². The van der Waals surface area contributed by atoms with Crippen molar-refractivity contribution in [2.24, 2.45) is 11.3 Å². The lowest BCUT2D eigenvalue weighted by molar-refractivity contribution is -0.131. The van der Waals surface area contributed by atoms with Gasteiger partial charge in [0.05, 0.1) is 6.54 Å². The van der Waals surface area contributed by atoms with E-state index in [4.69, 9.17) is 5.11 Å². The van der Waals surface area contributed by atoms with Gasteiger partial charge in [0.25, 0.3) is 0 Å². The third kappa shape index (κ3) is 2.63. The maximum Gasteiger partial charge on any atom is 0.231 e. The molecular formula is C17H23NO2. The molecule has 1 saturated heterocycles. The molecule has 0 radical (unpaired) electrons. The second-order valence-electron chi connectivity index (χ2n) is 6.00. The second kappa shape index (κ2) is 5.80. The fourth-order valence-electron chi connectivity index (χ4n) is 2.90. The molecule has 0 bridgehead atoms. The number of carbonyl (C=O) groups excluding carboxylic acids is 1. The van der Waals surface area contributed by atoms with E-state index < -0.39 is 0 Å². The second-order valence-corrected chi connectivity index (χ2v) is 6.00. The van der Waals surface area contributed by atoms with Crippen LogP contribution in [0.3, 0.4) is 0 Å². The Balaban J connectivity index is 2.18. The van der Waals surface area contributed by atoms with Crippen molar-refractivity contribution in [3.63, 3.8) is 0 Å². The number of rotatable bonds is 5. The highest BCUT2D eigenvalue weighted by Gasteiger charge is 2.48. The molecular weight excluding hydrogens is 250 g/mol. The molecule has 1 amide bonds. The van der Waals surface area contributed by atoms with Crippen LogP contribution in [-0.4, -0.2) is 22.5 Å². The fourth-order valence-corrected chi connectivity index (χ4v) is 2.90. The lowest BCUT2D eigenvalue weighted by Gasteiger charge is -2.26. The number of likely N-dealkylation sites (tertiary alicyclic amines) is 1. The van der Waals surface area contributed by atoms with Gasteiger partial charge in [-0.05, 0) is 18.4 Å². The van der Waals surface area contributed by atoms with E-state index in [9.17, 15) is 4.79 Å². The highest BCUT2D eigenvalue weighted by Crippen LogP contribution is 2.46. The van der Waals surface area contributed by atoms with E-state index in [1.807, 2.05) is 30.3 Å². The van der Waals surface area contributed by atoms with Gasteiger partial charge in [-0.1, -0.05) is 50.8 Å². The van der Waals surface area contributed by atoms with Crippen LogP contribution in [0.1, 0.15) is 32.3 Å². The molecule has 0 aromatic heterocycles. The number of aliphatic hydroxyl groups excluding tert-OH is 1. The Bertz CT molecular complexity index is 493. The van der Waals surface area contributed by atoms with Crippen molar-refractivity contribution in [2.75, 3.05) is 6.61 Å². The molecule has 1 aliphatic rings. The molecule has 0 saturated carbocycles. The van der Waals surface area contributed by atoms with Gasteiger partial charge in [-0.15, -0.1) is 0 Å². The molecule has 0 aliphatic carbocycles. The highest BCUT2D eigenvalue weighted by atomic mass is 16.3. The normalized spacial score (nSPS) is 21.6. The third-order valence-corrected chi connectivity index (χ3v) is 4.34. The zero-order valence-electron chi connectivity index (χ0n) is 12.3. The van der Waals surface area contributed by atoms with E-state index in [0.29, 0.717) is 19.4 Å². The predicted molar refractivity (Wildman–Crippen MR) is 79.7 cm³/mol. The SMILES string of the molecule is C=C1N(Cc2ccccc2)C(=O)C(CCCO)C1(C)C. The molecule has 1 aromatic rings. The van der Waals surface area contributed by atoms with Crippen molar-refractivity contribution in [1.82, 2.24) is 4.90 Å². The van der Waals surface area contributed by atoms with Crippen molar-refractivity contribution in [3.8, 4) is 0 Å². The minimum Gasteiger partial charge on any atom is -0.396 e. The monoisotopic (exact) mass is 273 g/mol. The van der Waals surface area contributed by atoms with E-state index in [2.05, 4.69) is 20.4 Å². The van der Waals surface area contributed by atoms with Gasteiger partial charge in [0.1, 0.15) is 0 Å². The molecule has 1 N–H and O–H groups in total. The number of hydrogen-bond donors (Lipinski definition) is 1. The van der Waals surface area contributed by atoms with Crippen LogP contribution < -0.4 is 0 Å². The zero-order chi connectivity index (χ0) is 14.8. The number of benzene rings is 1. The van der Waals surface area contributed by atoms with Crippen LogP contribution in [0.25, 0.3) is 0 Å². The van der Waals surface area contributed by atoms with Crippen LogP contribution in [-0.2, 0) is 11.3 Å². The maximum absolute atomic E-state index is 12.6. The van der Waals surface area contributed by atoms with Gasteiger partial charge in [-0.25, -0.2) is 0 Å². The van der Waals surface area contributed by atoms with Gasteiger partial charge in [0.2, 0.25) is 5.91 Å². The molecule has 1 unspecified atom stereocenters. The third-order valence-electron chi connectivity index (χ3n) is 4.34. The van der Waals surface area contributed by atoms with Crippen molar-refractivity contribution < 1.29 is 9.90 Å². The summed E-state index contributed by atoms with van der Waals surface area (Å²) in [7, 11) is 0. The van der Waals surface area contributed by atoms with Gasteiger partial charge in [0.15, 0.2) is 0 Å². The van der Waals surface area contributed by atoms with Gasteiger partial charge < -0.3 is 10.0 Å². The average molecular weight is 273 g/mol. The first kappa shape index (κ1) is 14.8. The van der Waals surface area contributed by atoms with E-state index in [-0.39, 0.29) is 23.8 Å². The largest absolute Gasteiger partial charge is 0.396 e. The molecule has 1 fully saturated rings. The summed E-state index contributed by atoms with van der Waals surface area (Å²) >= 11 is 0. The molecule has 2 rings (SSSR count). The Morgan fingerprint density at radius 3 is 2.55 bits per heavy atom. The number of allylic oxidation sites excluding steroid dienone is 1. The smallest absolute Gasteiger partial charge is 0.231 e. The van der Waals surface area contributed by atoms with Crippen LogP contribution >= 0.6 is 0 Å². The minimum absolute atomic E-state index is 0.0779. The Morgan fingerprint density at radius 1 is 1.30 bits per heavy atom. The highest BCUT2D eigenvalue weighted by molar-refractivity contribution is 5.85. The molecule has 1 aromatic carbocycles. The van der Waals surface area contributed by atoms with Gasteiger partial charge in [0, 0.05) is 23.6 Å². The van der Waals surface area contributed by atoms with E-state index in [1.54, 1.807) is 4.90 Å². The maximum atomic E-state index is 12.6. The number of nitrogens with zero attached hydrogens (tertiary/aromatic N) is 1. The zero-order valence-corrected chi connectivity index (χ0v) is 12.3.